The molecule has 0 atom stereocenters. The summed E-state index contributed by atoms with van der Waals surface area (Å²) in [6.45, 7) is 6.14. The Morgan fingerprint density at radius 3 is 2.95 bits per heavy atom. The summed E-state index contributed by atoms with van der Waals surface area (Å²) >= 11 is 0. The number of H-pyrrole nitrogens is 1. The van der Waals surface area contributed by atoms with E-state index < -0.39 is 0 Å². The zero-order chi connectivity index (χ0) is 13.8. The Morgan fingerprint density at radius 2 is 2.32 bits per heavy atom. The van der Waals surface area contributed by atoms with E-state index >= 15 is 0 Å². The third kappa shape index (κ3) is 3.64. The summed E-state index contributed by atoms with van der Waals surface area (Å²) in [4.78, 5) is 15.8. The van der Waals surface area contributed by atoms with E-state index in [-0.39, 0.29) is 12.5 Å². The van der Waals surface area contributed by atoms with E-state index in [4.69, 9.17) is 4.52 Å². The summed E-state index contributed by atoms with van der Waals surface area (Å²) in [7, 11) is 0. The van der Waals surface area contributed by atoms with E-state index in [9.17, 15) is 4.79 Å². The van der Waals surface area contributed by atoms with Crippen LogP contribution in [0, 0.1) is 12.8 Å². The number of carbonyl (C=O) groups excluding carboxylic acids is 1. The van der Waals surface area contributed by atoms with Crippen LogP contribution in [-0.2, 0) is 13.0 Å². The zero-order valence-corrected chi connectivity index (χ0v) is 11.2. The molecule has 1 amide bonds. The van der Waals surface area contributed by atoms with Crippen LogP contribution in [-0.4, -0.2) is 26.2 Å². The fraction of sp³-hybridized carbons (Fsp3) is 0.500. The van der Waals surface area contributed by atoms with Crippen LogP contribution in [0.3, 0.4) is 0 Å². The molecule has 19 heavy (non-hydrogen) atoms. The van der Waals surface area contributed by atoms with Crippen molar-refractivity contribution in [2.45, 2.75) is 33.7 Å². The molecule has 102 valence electrons. The Labute approximate surface area is 110 Å². The molecule has 0 radical (unpaired) electrons. The van der Waals surface area contributed by atoms with Gasteiger partial charge in [-0.05, 0) is 25.3 Å². The van der Waals surface area contributed by atoms with Crippen molar-refractivity contribution in [2.24, 2.45) is 5.92 Å². The van der Waals surface area contributed by atoms with Gasteiger partial charge in [0.1, 0.15) is 5.69 Å². The Morgan fingerprint density at radius 1 is 1.53 bits per heavy atom. The smallest absolute Gasteiger partial charge is 0.272 e. The lowest BCUT2D eigenvalue weighted by atomic mass is 10.1. The SMILES string of the molecule is Cc1noc(CNC(=O)c2cc(CC(C)C)[nH]n2)n1. The molecule has 2 rings (SSSR count). The lowest BCUT2D eigenvalue weighted by Gasteiger charge is -1.99. The first-order valence-corrected chi connectivity index (χ1v) is 6.16. The molecule has 0 unspecified atom stereocenters. The maximum Gasteiger partial charge on any atom is 0.272 e. The average molecular weight is 263 g/mol. The average Bonchev–Trinajstić information content (AvgIpc) is 2.95. The van der Waals surface area contributed by atoms with Gasteiger partial charge in [-0.3, -0.25) is 9.89 Å². The molecule has 0 aliphatic carbocycles. The van der Waals surface area contributed by atoms with Gasteiger partial charge >= 0.3 is 0 Å². The van der Waals surface area contributed by atoms with Gasteiger partial charge in [-0.15, -0.1) is 0 Å². The summed E-state index contributed by atoms with van der Waals surface area (Å²) in [6, 6.07) is 1.76. The fourth-order valence-corrected chi connectivity index (χ4v) is 1.68. The highest BCUT2D eigenvalue weighted by molar-refractivity contribution is 5.92. The standard InChI is InChI=1S/C12H17N5O2/c1-7(2)4-9-5-10(16-15-9)12(18)13-6-11-14-8(3)17-19-11/h5,7H,4,6H2,1-3H3,(H,13,18)(H,15,16). The molecule has 2 N–H and O–H groups in total. The Balaban J connectivity index is 1.90. The van der Waals surface area contributed by atoms with Crippen molar-refractivity contribution in [3.63, 3.8) is 0 Å². The van der Waals surface area contributed by atoms with Gasteiger partial charge in [-0.2, -0.15) is 10.1 Å². The number of aromatic nitrogens is 4. The Kier molecular flexibility index (Phi) is 3.94. The van der Waals surface area contributed by atoms with Crippen LogP contribution in [0.2, 0.25) is 0 Å². The maximum atomic E-state index is 11.8. The zero-order valence-electron chi connectivity index (χ0n) is 11.2. The molecule has 2 aromatic heterocycles. The van der Waals surface area contributed by atoms with Gasteiger partial charge in [0.25, 0.3) is 5.91 Å². The van der Waals surface area contributed by atoms with E-state index in [1.807, 2.05) is 0 Å². The van der Waals surface area contributed by atoms with Crippen LogP contribution >= 0.6 is 0 Å². The number of aryl methyl sites for hydroxylation is 1. The van der Waals surface area contributed by atoms with E-state index in [0.717, 1.165) is 12.1 Å². The number of nitrogens with one attached hydrogen (secondary N) is 2. The first-order chi connectivity index (χ1) is 9.04. The highest BCUT2D eigenvalue weighted by Gasteiger charge is 2.12. The quantitative estimate of drug-likeness (QED) is 0.845. The molecule has 7 heteroatoms. The molecule has 0 saturated carbocycles. The van der Waals surface area contributed by atoms with Gasteiger partial charge in [0, 0.05) is 5.69 Å². The van der Waals surface area contributed by atoms with Crippen LogP contribution < -0.4 is 5.32 Å². The van der Waals surface area contributed by atoms with Crippen molar-refractivity contribution in [1.82, 2.24) is 25.7 Å². The van der Waals surface area contributed by atoms with Gasteiger partial charge in [0.15, 0.2) is 5.82 Å². The molecule has 0 aromatic carbocycles. The summed E-state index contributed by atoms with van der Waals surface area (Å²) < 4.78 is 4.90. The third-order valence-electron chi connectivity index (χ3n) is 2.46. The number of hydrogen-bond donors (Lipinski definition) is 2. The summed E-state index contributed by atoms with van der Waals surface area (Å²) in [5, 5.41) is 13.2. The predicted octanol–water partition coefficient (Wildman–Crippen LogP) is 1.23. The first-order valence-electron chi connectivity index (χ1n) is 6.16. The van der Waals surface area contributed by atoms with E-state index in [1.54, 1.807) is 13.0 Å². The summed E-state index contributed by atoms with van der Waals surface area (Å²) in [5.74, 6) is 1.17. The molecule has 2 aromatic rings. The number of amides is 1. The lowest BCUT2D eigenvalue weighted by Crippen LogP contribution is -2.23. The highest BCUT2D eigenvalue weighted by atomic mass is 16.5. The fourth-order valence-electron chi connectivity index (χ4n) is 1.68. The molecule has 0 fully saturated rings. The first kappa shape index (κ1) is 13.3. The number of carbonyl (C=O) groups is 1. The number of rotatable bonds is 5. The van der Waals surface area contributed by atoms with Crippen molar-refractivity contribution < 1.29 is 9.32 Å². The lowest BCUT2D eigenvalue weighted by molar-refractivity contribution is 0.0941. The maximum absolute atomic E-state index is 11.8. The molecule has 0 spiro atoms. The van der Waals surface area contributed by atoms with Crippen molar-refractivity contribution in [1.29, 1.82) is 0 Å². The van der Waals surface area contributed by atoms with Crippen molar-refractivity contribution >= 4 is 5.91 Å². The molecular formula is C12H17N5O2. The molecule has 0 saturated heterocycles. The van der Waals surface area contributed by atoms with Crippen LogP contribution in [0.1, 0.15) is 41.7 Å². The van der Waals surface area contributed by atoms with Crippen molar-refractivity contribution in [3.8, 4) is 0 Å². The van der Waals surface area contributed by atoms with E-state index in [1.165, 1.54) is 0 Å². The largest absolute Gasteiger partial charge is 0.342 e. The van der Waals surface area contributed by atoms with Gasteiger partial charge in [0.05, 0.1) is 6.54 Å². The Hall–Kier alpha value is -2.18. The van der Waals surface area contributed by atoms with Gasteiger partial charge in [-0.1, -0.05) is 19.0 Å². The normalized spacial score (nSPS) is 10.9. The summed E-state index contributed by atoms with van der Waals surface area (Å²) in [6.07, 6.45) is 0.864. The molecule has 0 aliphatic rings. The summed E-state index contributed by atoms with van der Waals surface area (Å²) in [5.41, 5.74) is 1.32. The van der Waals surface area contributed by atoms with Crippen molar-refractivity contribution in [3.05, 3.63) is 29.2 Å². The highest BCUT2D eigenvalue weighted by Crippen LogP contribution is 2.07. The Bertz CT molecular complexity index is 558. The second-order valence-electron chi connectivity index (χ2n) is 4.79. The van der Waals surface area contributed by atoms with Gasteiger partial charge in [0.2, 0.25) is 5.89 Å². The third-order valence-corrected chi connectivity index (χ3v) is 2.46. The van der Waals surface area contributed by atoms with Crippen LogP contribution in [0.25, 0.3) is 0 Å². The van der Waals surface area contributed by atoms with Crippen molar-refractivity contribution in [2.75, 3.05) is 0 Å². The topological polar surface area (TPSA) is 96.7 Å². The minimum Gasteiger partial charge on any atom is -0.342 e. The molecule has 2 heterocycles. The van der Waals surface area contributed by atoms with E-state index in [2.05, 4.69) is 39.5 Å². The number of nitrogens with zero attached hydrogens (tertiary/aromatic N) is 3. The predicted molar refractivity (Wildman–Crippen MR) is 67.3 cm³/mol. The number of hydrogen-bond acceptors (Lipinski definition) is 5. The molecule has 0 aliphatic heterocycles. The van der Waals surface area contributed by atoms with Gasteiger partial charge in [-0.25, -0.2) is 0 Å². The number of aromatic amines is 1. The van der Waals surface area contributed by atoms with Crippen LogP contribution in [0.4, 0.5) is 0 Å². The van der Waals surface area contributed by atoms with Crippen LogP contribution in [0.15, 0.2) is 10.6 Å². The molecular weight excluding hydrogens is 246 g/mol. The second-order valence-corrected chi connectivity index (χ2v) is 4.79. The molecule has 0 bridgehead atoms. The second kappa shape index (κ2) is 5.64. The monoisotopic (exact) mass is 263 g/mol. The van der Waals surface area contributed by atoms with E-state index in [0.29, 0.717) is 23.3 Å². The van der Waals surface area contributed by atoms with Crippen LogP contribution in [0.5, 0.6) is 0 Å². The minimum absolute atomic E-state index is 0.200. The molecule has 7 nitrogen and oxygen atoms in total. The minimum atomic E-state index is -0.262. The van der Waals surface area contributed by atoms with Gasteiger partial charge < -0.3 is 9.84 Å².